The third-order valence-electron chi connectivity index (χ3n) is 2.52. The summed E-state index contributed by atoms with van der Waals surface area (Å²) < 4.78 is 23.5. The molecule has 2 rings (SSSR count). The minimum absolute atomic E-state index is 0.264. The van der Waals surface area contributed by atoms with E-state index >= 15 is 0 Å². The summed E-state index contributed by atoms with van der Waals surface area (Å²) in [6.45, 7) is 0.548. The highest BCUT2D eigenvalue weighted by atomic mass is 35.5. The van der Waals surface area contributed by atoms with E-state index in [-0.39, 0.29) is 19.0 Å². The molecule has 5 heteroatoms. The second-order valence-corrected chi connectivity index (χ2v) is 4.39. The van der Waals surface area contributed by atoms with Gasteiger partial charge in [0.05, 0.1) is 5.56 Å². The number of benzene rings is 2. The Bertz CT molecular complexity index is 584. The molecule has 0 aliphatic heterocycles. The standard InChI is InChI=1S/C15H12ClFO3/c16-12-1-6-15(11(9-12)10-18)20-8-7-19-14-4-2-13(17)3-5-14/h1-6,9-10H,7-8H2. The highest BCUT2D eigenvalue weighted by Gasteiger charge is 2.04. The normalized spacial score (nSPS) is 10.1. The van der Waals surface area contributed by atoms with Gasteiger partial charge in [-0.15, -0.1) is 0 Å². The Kier molecular flexibility index (Phi) is 4.96. The Morgan fingerprint density at radius 1 is 1.05 bits per heavy atom. The summed E-state index contributed by atoms with van der Waals surface area (Å²) in [5.74, 6) is 0.694. The van der Waals surface area contributed by atoms with Crippen molar-refractivity contribution in [3.63, 3.8) is 0 Å². The second-order valence-electron chi connectivity index (χ2n) is 3.95. The van der Waals surface area contributed by atoms with Crippen LogP contribution in [-0.4, -0.2) is 19.5 Å². The van der Waals surface area contributed by atoms with Crippen LogP contribution in [0.5, 0.6) is 11.5 Å². The lowest BCUT2D eigenvalue weighted by Crippen LogP contribution is -2.09. The molecule has 3 nitrogen and oxygen atoms in total. The fourth-order valence-corrected chi connectivity index (χ4v) is 1.77. The molecule has 0 radical (unpaired) electrons. The predicted molar refractivity (Wildman–Crippen MR) is 74.2 cm³/mol. The monoisotopic (exact) mass is 294 g/mol. The smallest absolute Gasteiger partial charge is 0.153 e. The Labute approximate surface area is 120 Å². The zero-order valence-electron chi connectivity index (χ0n) is 10.5. The van der Waals surface area contributed by atoms with Gasteiger partial charge < -0.3 is 9.47 Å². The van der Waals surface area contributed by atoms with Gasteiger partial charge in [-0.1, -0.05) is 11.6 Å². The lowest BCUT2D eigenvalue weighted by Gasteiger charge is -2.10. The first-order valence-corrected chi connectivity index (χ1v) is 6.33. The summed E-state index contributed by atoms with van der Waals surface area (Å²) in [7, 11) is 0. The van der Waals surface area contributed by atoms with Gasteiger partial charge in [0.15, 0.2) is 6.29 Å². The molecule has 0 N–H and O–H groups in total. The first kappa shape index (κ1) is 14.3. The first-order chi connectivity index (χ1) is 9.69. The van der Waals surface area contributed by atoms with Crippen molar-refractivity contribution in [2.24, 2.45) is 0 Å². The van der Waals surface area contributed by atoms with Crippen LogP contribution in [0.4, 0.5) is 4.39 Å². The number of carbonyl (C=O) groups is 1. The fourth-order valence-electron chi connectivity index (χ4n) is 1.58. The first-order valence-electron chi connectivity index (χ1n) is 5.95. The lowest BCUT2D eigenvalue weighted by atomic mass is 10.2. The Morgan fingerprint density at radius 2 is 1.75 bits per heavy atom. The molecule has 0 heterocycles. The summed E-state index contributed by atoms with van der Waals surface area (Å²) in [5.41, 5.74) is 0.388. The fraction of sp³-hybridized carbons (Fsp3) is 0.133. The SMILES string of the molecule is O=Cc1cc(Cl)ccc1OCCOc1ccc(F)cc1. The van der Waals surface area contributed by atoms with Crippen molar-refractivity contribution < 1.29 is 18.7 Å². The van der Waals surface area contributed by atoms with Crippen LogP contribution in [0, 0.1) is 5.82 Å². The van der Waals surface area contributed by atoms with Crippen LogP contribution in [0.1, 0.15) is 10.4 Å². The largest absolute Gasteiger partial charge is 0.490 e. The average molecular weight is 295 g/mol. The number of hydrogen-bond acceptors (Lipinski definition) is 3. The number of rotatable bonds is 6. The molecule has 20 heavy (non-hydrogen) atoms. The zero-order valence-corrected chi connectivity index (χ0v) is 11.3. The molecular formula is C15H12ClFO3. The second kappa shape index (κ2) is 6.91. The third kappa shape index (κ3) is 3.96. The molecule has 2 aromatic carbocycles. The molecule has 0 saturated heterocycles. The molecule has 0 amide bonds. The summed E-state index contributed by atoms with van der Waals surface area (Å²) in [5, 5.41) is 0.474. The van der Waals surface area contributed by atoms with Gasteiger partial charge in [0.2, 0.25) is 0 Å². The summed E-state index contributed by atoms with van der Waals surface area (Å²) >= 11 is 5.78. The number of halogens is 2. The van der Waals surface area contributed by atoms with Crippen molar-refractivity contribution in [1.82, 2.24) is 0 Å². The van der Waals surface area contributed by atoms with E-state index in [1.165, 1.54) is 30.3 Å². The third-order valence-corrected chi connectivity index (χ3v) is 2.76. The highest BCUT2D eigenvalue weighted by Crippen LogP contribution is 2.21. The van der Waals surface area contributed by atoms with Gasteiger partial charge in [0.25, 0.3) is 0 Å². The van der Waals surface area contributed by atoms with Crippen LogP contribution in [0.25, 0.3) is 0 Å². The van der Waals surface area contributed by atoms with Crippen LogP contribution in [0.2, 0.25) is 5.02 Å². The van der Waals surface area contributed by atoms with E-state index in [0.29, 0.717) is 28.4 Å². The molecule has 104 valence electrons. The highest BCUT2D eigenvalue weighted by molar-refractivity contribution is 6.30. The predicted octanol–water partition coefficient (Wildman–Crippen LogP) is 3.75. The maximum absolute atomic E-state index is 12.7. The van der Waals surface area contributed by atoms with Crippen molar-refractivity contribution in [1.29, 1.82) is 0 Å². The van der Waals surface area contributed by atoms with Gasteiger partial charge in [-0.05, 0) is 42.5 Å². The van der Waals surface area contributed by atoms with E-state index in [9.17, 15) is 9.18 Å². The van der Waals surface area contributed by atoms with E-state index < -0.39 is 0 Å². The molecular weight excluding hydrogens is 283 g/mol. The molecule has 0 atom stereocenters. The van der Waals surface area contributed by atoms with E-state index in [1.54, 1.807) is 12.1 Å². The molecule has 0 aliphatic rings. The number of aldehydes is 1. The van der Waals surface area contributed by atoms with Crippen LogP contribution in [0.15, 0.2) is 42.5 Å². The Hall–Kier alpha value is -2.07. The molecule has 0 spiro atoms. The van der Waals surface area contributed by atoms with Crippen LogP contribution < -0.4 is 9.47 Å². The van der Waals surface area contributed by atoms with Crippen LogP contribution >= 0.6 is 11.6 Å². The molecule has 0 saturated carbocycles. The molecule has 0 aliphatic carbocycles. The average Bonchev–Trinajstić information content (AvgIpc) is 2.46. The van der Waals surface area contributed by atoms with Gasteiger partial charge in [0.1, 0.15) is 30.5 Å². The topological polar surface area (TPSA) is 35.5 Å². The molecule has 0 fully saturated rings. The molecule has 0 aromatic heterocycles. The maximum Gasteiger partial charge on any atom is 0.153 e. The van der Waals surface area contributed by atoms with Crippen molar-refractivity contribution in [3.8, 4) is 11.5 Å². The van der Waals surface area contributed by atoms with Gasteiger partial charge in [-0.3, -0.25) is 4.79 Å². The number of ether oxygens (including phenoxy) is 2. The van der Waals surface area contributed by atoms with Gasteiger partial charge in [-0.25, -0.2) is 4.39 Å². The summed E-state index contributed by atoms with van der Waals surface area (Å²) in [6, 6.07) is 10.5. The minimum Gasteiger partial charge on any atom is -0.490 e. The van der Waals surface area contributed by atoms with Gasteiger partial charge in [-0.2, -0.15) is 0 Å². The molecule has 0 unspecified atom stereocenters. The van der Waals surface area contributed by atoms with Crippen molar-refractivity contribution >= 4 is 17.9 Å². The van der Waals surface area contributed by atoms with E-state index in [0.717, 1.165) is 0 Å². The Morgan fingerprint density at radius 3 is 2.45 bits per heavy atom. The Balaban J connectivity index is 1.84. The molecule has 0 bridgehead atoms. The van der Waals surface area contributed by atoms with Gasteiger partial charge in [0, 0.05) is 5.02 Å². The van der Waals surface area contributed by atoms with E-state index in [1.807, 2.05) is 0 Å². The number of carbonyl (C=O) groups excluding carboxylic acids is 1. The number of hydrogen-bond donors (Lipinski definition) is 0. The summed E-state index contributed by atoms with van der Waals surface area (Å²) in [6.07, 6.45) is 0.683. The van der Waals surface area contributed by atoms with E-state index in [2.05, 4.69) is 0 Å². The lowest BCUT2D eigenvalue weighted by molar-refractivity contribution is 0.111. The minimum atomic E-state index is -0.314. The van der Waals surface area contributed by atoms with Crippen molar-refractivity contribution in [2.75, 3.05) is 13.2 Å². The van der Waals surface area contributed by atoms with Gasteiger partial charge >= 0.3 is 0 Å². The van der Waals surface area contributed by atoms with E-state index in [4.69, 9.17) is 21.1 Å². The van der Waals surface area contributed by atoms with Crippen molar-refractivity contribution in [3.05, 3.63) is 58.9 Å². The summed E-state index contributed by atoms with van der Waals surface area (Å²) in [4.78, 5) is 10.9. The zero-order chi connectivity index (χ0) is 14.4. The quantitative estimate of drug-likeness (QED) is 0.601. The van der Waals surface area contributed by atoms with Crippen LogP contribution in [0.3, 0.4) is 0 Å². The van der Waals surface area contributed by atoms with Crippen LogP contribution in [-0.2, 0) is 0 Å². The molecule has 2 aromatic rings. The van der Waals surface area contributed by atoms with Crippen molar-refractivity contribution in [2.45, 2.75) is 0 Å². The maximum atomic E-state index is 12.7.